The van der Waals surface area contributed by atoms with Gasteiger partial charge in [-0.25, -0.2) is 4.98 Å². The molecule has 1 heterocycles. The number of carbonyl (C=O) groups excluding carboxylic acids is 1. The van der Waals surface area contributed by atoms with Gasteiger partial charge in [0.1, 0.15) is 11.5 Å². The van der Waals surface area contributed by atoms with Crippen molar-refractivity contribution in [1.29, 1.82) is 0 Å². The van der Waals surface area contributed by atoms with Crippen molar-refractivity contribution < 1.29 is 9.53 Å². The second kappa shape index (κ2) is 11.8. The van der Waals surface area contributed by atoms with Crippen LogP contribution in [-0.2, 0) is 0 Å². The zero-order valence-electron chi connectivity index (χ0n) is 18.8. The predicted octanol–water partition coefficient (Wildman–Crippen LogP) is 6.50. The number of benzene rings is 3. The molecule has 0 saturated carbocycles. The lowest BCUT2D eigenvalue weighted by Crippen LogP contribution is -2.38. The summed E-state index contributed by atoms with van der Waals surface area (Å²) in [5.74, 6) is 1.41. The van der Waals surface area contributed by atoms with Gasteiger partial charge in [-0.3, -0.25) is 9.69 Å². The summed E-state index contributed by atoms with van der Waals surface area (Å²) in [5.41, 5.74) is 1.53. The minimum absolute atomic E-state index is 0. The average Bonchev–Trinajstić information content (AvgIpc) is 3.26. The molecule has 0 aliphatic heterocycles. The first-order chi connectivity index (χ1) is 15.7. The molecule has 0 radical (unpaired) electrons. The fourth-order valence-electron chi connectivity index (χ4n) is 3.49. The summed E-state index contributed by atoms with van der Waals surface area (Å²) in [4.78, 5) is 22.4. The van der Waals surface area contributed by atoms with E-state index in [9.17, 15) is 4.79 Å². The van der Waals surface area contributed by atoms with Crippen molar-refractivity contribution in [3.63, 3.8) is 0 Å². The molecule has 0 unspecified atom stereocenters. The molecule has 0 fully saturated rings. The lowest BCUT2D eigenvalue weighted by molar-refractivity contribution is 0.0984. The van der Waals surface area contributed by atoms with Gasteiger partial charge in [0, 0.05) is 18.7 Å². The summed E-state index contributed by atoms with van der Waals surface area (Å²) < 4.78 is 6.94. The molecule has 0 saturated heterocycles. The maximum absolute atomic E-state index is 13.5. The van der Waals surface area contributed by atoms with Gasteiger partial charge in [-0.2, -0.15) is 0 Å². The topological polar surface area (TPSA) is 45.7 Å². The van der Waals surface area contributed by atoms with E-state index in [2.05, 4.69) is 18.7 Å². The highest BCUT2D eigenvalue weighted by atomic mass is 35.5. The van der Waals surface area contributed by atoms with Crippen LogP contribution in [0, 0.1) is 0 Å². The number of likely N-dealkylation sites (N-methyl/N-ethyl adjacent to an activating group) is 1. The van der Waals surface area contributed by atoms with Crippen LogP contribution in [0.5, 0.6) is 11.5 Å². The molecule has 4 rings (SSSR count). The number of amides is 1. The Morgan fingerprint density at radius 2 is 1.48 bits per heavy atom. The molecule has 7 heteroatoms. The zero-order chi connectivity index (χ0) is 22.3. The van der Waals surface area contributed by atoms with Crippen molar-refractivity contribution in [2.75, 3.05) is 31.1 Å². The number of halogens is 1. The number of hydrogen-bond acceptors (Lipinski definition) is 5. The van der Waals surface area contributed by atoms with Crippen LogP contribution in [0.15, 0.2) is 78.9 Å². The molecule has 33 heavy (non-hydrogen) atoms. The van der Waals surface area contributed by atoms with Gasteiger partial charge in [0.2, 0.25) is 0 Å². The first kappa shape index (κ1) is 24.7. The Labute approximate surface area is 205 Å². The van der Waals surface area contributed by atoms with E-state index in [1.54, 1.807) is 16.2 Å². The summed E-state index contributed by atoms with van der Waals surface area (Å²) in [6, 6.07) is 24.9. The molecule has 0 spiro atoms. The van der Waals surface area contributed by atoms with Gasteiger partial charge >= 0.3 is 0 Å². The first-order valence-corrected chi connectivity index (χ1v) is 11.7. The summed E-state index contributed by atoms with van der Waals surface area (Å²) in [6.45, 7) is 7.55. The monoisotopic (exact) mass is 481 g/mol. The molecule has 0 bridgehead atoms. The van der Waals surface area contributed by atoms with Gasteiger partial charge in [-0.15, -0.1) is 12.4 Å². The smallest absolute Gasteiger partial charge is 0.260 e. The van der Waals surface area contributed by atoms with Gasteiger partial charge in [0.05, 0.1) is 10.2 Å². The molecule has 1 amide bonds. The SMILES string of the molecule is CCN(CC)CCN(C(=O)c1ccc(Oc2ccccc2)cc1)c1nc2ccccc2s1.Cl. The van der Waals surface area contributed by atoms with Gasteiger partial charge in [-0.1, -0.05) is 55.5 Å². The highest BCUT2D eigenvalue weighted by molar-refractivity contribution is 7.22. The van der Waals surface area contributed by atoms with Gasteiger partial charge in [0.25, 0.3) is 5.91 Å². The van der Waals surface area contributed by atoms with E-state index in [0.717, 1.165) is 40.7 Å². The number of ether oxygens (including phenoxy) is 1. The minimum Gasteiger partial charge on any atom is -0.457 e. The van der Waals surface area contributed by atoms with Crippen LogP contribution < -0.4 is 9.64 Å². The second-order valence-electron chi connectivity index (χ2n) is 7.39. The van der Waals surface area contributed by atoms with E-state index in [-0.39, 0.29) is 18.3 Å². The Hall–Kier alpha value is -2.93. The van der Waals surface area contributed by atoms with Gasteiger partial charge in [-0.05, 0) is 61.6 Å². The number of para-hydroxylation sites is 2. The number of anilines is 1. The van der Waals surface area contributed by atoms with E-state index in [0.29, 0.717) is 17.9 Å². The zero-order valence-corrected chi connectivity index (χ0v) is 20.4. The number of thiazole rings is 1. The van der Waals surface area contributed by atoms with E-state index in [1.807, 2.05) is 78.9 Å². The third-order valence-electron chi connectivity index (χ3n) is 5.37. The van der Waals surface area contributed by atoms with Gasteiger partial charge < -0.3 is 9.64 Å². The van der Waals surface area contributed by atoms with Crippen molar-refractivity contribution in [3.8, 4) is 11.5 Å². The summed E-state index contributed by atoms with van der Waals surface area (Å²) in [7, 11) is 0. The van der Waals surface area contributed by atoms with Crippen LogP contribution >= 0.6 is 23.7 Å². The van der Waals surface area contributed by atoms with Crippen LogP contribution in [0.2, 0.25) is 0 Å². The summed E-state index contributed by atoms with van der Waals surface area (Å²) in [6.07, 6.45) is 0. The van der Waals surface area contributed by atoms with Crippen LogP contribution in [0.4, 0.5) is 5.13 Å². The number of fused-ring (bicyclic) bond motifs is 1. The molecule has 1 aromatic heterocycles. The van der Waals surface area contributed by atoms with Crippen molar-refractivity contribution in [2.24, 2.45) is 0 Å². The lowest BCUT2D eigenvalue weighted by Gasteiger charge is -2.24. The van der Waals surface area contributed by atoms with Crippen molar-refractivity contribution in [2.45, 2.75) is 13.8 Å². The third kappa shape index (κ3) is 6.11. The molecule has 5 nitrogen and oxygen atoms in total. The van der Waals surface area contributed by atoms with Crippen LogP contribution in [0.3, 0.4) is 0 Å². The van der Waals surface area contributed by atoms with E-state index < -0.39 is 0 Å². The molecule has 172 valence electrons. The quantitative estimate of drug-likeness (QED) is 0.274. The van der Waals surface area contributed by atoms with E-state index in [1.165, 1.54) is 0 Å². The maximum atomic E-state index is 13.5. The molecule has 4 aromatic rings. The average molecular weight is 482 g/mol. The normalized spacial score (nSPS) is 10.8. The highest BCUT2D eigenvalue weighted by Gasteiger charge is 2.22. The second-order valence-corrected chi connectivity index (χ2v) is 8.40. The molecular formula is C26H28ClN3O2S. The number of hydrogen-bond donors (Lipinski definition) is 0. The standard InChI is InChI=1S/C26H27N3O2S.ClH/c1-3-28(4-2)18-19-29(26-27-23-12-8-9-13-24(23)32-26)25(30)20-14-16-22(17-15-20)31-21-10-6-5-7-11-21;/h5-17H,3-4,18-19H2,1-2H3;1H. The molecule has 0 atom stereocenters. The third-order valence-corrected chi connectivity index (χ3v) is 6.43. The number of aromatic nitrogens is 1. The Kier molecular flexibility index (Phi) is 8.83. The first-order valence-electron chi connectivity index (χ1n) is 10.9. The molecular weight excluding hydrogens is 454 g/mol. The molecule has 0 N–H and O–H groups in total. The number of nitrogens with zero attached hydrogens (tertiary/aromatic N) is 3. The number of carbonyl (C=O) groups is 1. The Morgan fingerprint density at radius 3 is 2.15 bits per heavy atom. The van der Waals surface area contributed by atoms with E-state index >= 15 is 0 Å². The van der Waals surface area contributed by atoms with Crippen molar-refractivity contribution in [1.82, 2.24) is 9.88 Å². The van der Waals surface area contributed by atoms with Crippen LogP contribution in [0.1, 0.15) is 24.2 Å². The molecule has 3 aromatic carbocycles. The highest BCUT2D eigenvalue weighted by Crippen LogP contribution is 2.30. The predicted molar refractivity (Wildman–Crippen MR) is 139 cm³/mol. The van der Waals surface area contributed by atoms with Gasteiger partial charge in [0.15, 0.2) is 5.13 Å². The largest absolute Gasteiger partial charge is 0.457 e. The fourth-order valence-corrected chi connectivity index (χ4v) is 4.48. The number of rotatable bonds is 9. The van der Waals surface area contributed by atoms with Crippen molar-refractivity contribution in [3.05, 3.63) is 84.4 Å². The Morgan fingerprint density at radius 1 is 0.848 bits per heavy atom. The maximum Gasteiger partial charge on any atom is 0.260 e. The molecule has 0 aliphatic carbocycles. The molecule has 0 aliphatic rings. The fraction of sp³-hybridized carbons (Fsp3) is 0.231. The summed E-state index contributed by atoms with van der Waals surface area (Å²) in [5, 5.41) is 0.730. The van der Waals surface area contributed by atoms with E-state index in [4.69, 9.17) is 9.72 Å². The van der Waals surface area contributed by atoms with Crippen LogP contribution in [-0.4, -0.2) is 42.0 Å². The van der Waals surface area contributed by atoms with Crippen LogP contribution in [0.25, 0.3) is 10.2 Å². The lowest BCUT2D eigenvalue weighted by atomic mass is 10.2. The Bertz CT molecular complexity index is 1130. The minimum atomic E-state index is -0.0533. The Balaban J connectivity index is 0.00000306. The summed E-state index contributed by atoms with van der Waals surface area (Å²) >= 11 is 1.55. The van der Waals surface area contributed by atoms with Crippen molar-refractivity contribution >= 4 is 45.0 Å².